The summed E-state index contributed by atoms with van der Waals surface area (Å²) in [6.45, 7) is 6.17. The first-order valence-electron chi connectivity index (χ1n) is 7.26. The van der Waals surface area contributed by atoms with E-state index in [1.165, 1.54) is 0 Å². The van der Waals surface area contributed by atoms with Gasteiger partial charge in [0.05, 0.1) is 19.3 Å². The van der Waals surface area contributed by atoms with E-state index in [0.717, 1.165) is 22.7 Å². The van der Waals surface area contributed by atoms with Crippen LogP contribution in [0.5, 0.6) is 11.5 Å². The van der Waals surface area contributed by atoms with Crippen LogP contribution in [0.25, 0.3) is 0 Å². The minimum atomic E-state index is 0.165. The van der Waals surface area contributed by atoms with Crippen LogP contribution >= 0.6 is 0 Å². The fourth-order valence-electron chi connectivity index (χ4n) is 2.25. The van der Waals surface area contributed by atoms with E-state index in [9.17, 15) is 0 Å². The molecule has 2 rings (SSSR count). The molecule has 2 aromatic carbocycles. The molecule has 0 amide bonds. The summed E-state index contributed by atoms with van der Waals surface area (Å²) in [5, 5.41) is 3.48. The number of nitrogens with one attached hydrogen (secondary N) is 1. The van der Waals surface area contributed by atoms with Crippen molar-refractivity contribution in [1.82, 2.24) is 0 Å². The molecule has 0 radical (unpaired) electrons. The number of para-hydroxylation sites is 1. The summed E-state index contributed by atoms with van der Waals surface area (Å²) in [5.74, 6) is 1.79. The lowest BCUT2D eigenvalue weighted by Gasteiger charge is -2.18. The first-order chi connectivity index (χ1) is 10.1. The van der Waals surface area contributed by atoms with E-state index >= 15 is 0 Å². The summed E-state index contributed by atoms with van der Waals surface area (Å²) >= 11 is 0. The first kappa shape index (κ1) is 15.2. The Balaban J connectivity index is 2.07. The second-order valence-electron chi connectivity index (χ2n) is 5.30. The van der Waals surface area contributed by atoms with Crippen LogP contribution in [0, 0.1) is 0 Å². The molecule has 0 aliphatic rings. The monoisotopic (exact) mass is 285 g/mol. The molecule has 0 saturated carbocycles. The summed E-state index contributed by atoms with van der Waals surface area (Å²) in [6.07, 6.45) is 0.191. The van der Waals surface area contributed by atoms with E-state index in [1.807, 2.05) is 56.3 Å². The van der Waals surface area contributed by atoms with Crippen LogP contribution in [0.3, 0.4) is 0 Å². The molecule has 1 unspecified atom stereocenters. The molecule has 0 bridgehead atoms. The number of anilines is 1. The van der Waals surface area contributed by atoms with Gasteiger partial charge >= 0.3 is 0 Å². The number of methoxy groups -OCH3 is 1. The third-order valence-corrected chi connectivity index (χ3v) is 3.21. The Morgan fingerprint density at radius 2 is 1.57 bits per heavy atom. The van der Waals surface area contributed by atoms with Crippen LogP contribution in [0.4, 0.5) is 5.69 Å². The first-order valence-corrected chi connectivity index (χ1v) is 7.26. The molecule has 0 heterocycles. The lowest BCUT2D eigenvalue weighted by molar-refractivity contribution is 0.242. The topological polar surface area (TPSA) is 30.5 Å². The van der Waals surface area contributed by atoms with Gasteiger partial charge in [0.15, 0.2) is 0 Å². The van der Waals surface area contributed by atoms with Crippen molar-refractivity contribution in [2.75, 3.05) is 12.4 Å². The molecule has 0 aromatic heterocycles. The van der Waals surface area contributed by atoms with Gasteiger partial charge in [0.2, 0.25) is 0 Å². The SMILES string of the molecule is COc1ccccc1C(C)Nc1ccc(OC(C)C)cc1. The zero-order chi connectivity index (χ0) is 15.2. The van der Waals surface area contributed by atoms with Gasteiger partial charge in [0.1, 0.15) is 11.5 Å². The Kier molecular flexibility index (Phi) is 5.09. The van der Waals surface area contributed by atoms with E-state index in [0.29, 0.717) is 0 Å². The Labute approximate surface area is 126 Å². The van der Waals surface area contributed by atoms with Crippen molar-refractivity contribution in [1.29, 1.82) is 0 Å². The van der Waals surface area contributed by atoms with Gasteiger partial charge in [0.25, 0.3) is 0 Å². The molecule has 21 heavy (non-hydrogen) atoms. The predicted octanol–water partition coefficient (Wildman–Crippen LogP) is 4.66. The minimum Gasteiger partial charge on any atom is -0.496 e. The summed E-state index contributed by atoms with van der Waals surface area (Å²) in [5.41, 5.74) is 2.20. The second kappa shape index (κ2) is 7.02. The van der Waals surface area contributed by atoms with Crippen molar-refractivity contribution < 1.29 is 9.47 Å². The second-order valence-corrected chi connectivity index (χ2v) is 5.30. The van der Waals surface area contributed by atoms with Gasteiger partial charge in [-0.05, 0) is 51.1 Å². The van der Waals surface area contributed by atoms with Crippen LogP contribution in [0.1, 0.15) is 32.4 Å². The van der Waals surface area contributed by atoms with Crippen molar-refractivity contribution in [2.24, 2.45) is 0 Å². The van der Waals surface area contributed by atoms with Gasteiger partial charge in [-0.3, -0.25) is 0 Å². The van der Waals surface area contributed by atoms with E-state index in [2.05, 4.69) is 18.3 Å². The molecule has 0 saturated heterocycles. The maximum Gasteiger partial charge on any atom is 0.124 e. The van der Waals surface area contributed by atoms with Gasteiger partial charge in [-0.25, -0.2) is 0 Å². The van der Waals surface area contributed by atoms with Gasteiger partial charge in [-0.1, -0.05) is 18.2 Å². The Morgan fingerprint density at radius 1 is 0.905 bits per heavy atom. The predicted molar refractivity (Wildman–Crippen MR) is 87.2 cm³/mol. The highest BCUT2D eigenvalue weighted by Gasteiger charge is 2.10. The largest absolute Gasteiger partial charge is 0.496 e. The van der Waals surface area contributed by atoms with Gasteiger partial charge in [-0.2, -0.15) is 0 Å². The molecular formula is C18H23NO2. The summed E-state index contributed by atoms with van der Waals surface area (Å²) in [6, 6.07) is 16.3. The molecule has 112 valence electrons. The number of rotatable bonds is 6. The zero-order valence-corrected chi connectivity index (χ0v) is 13.1. The average molecular weight is 285 g/mol. The molecule has 2 aromatic rings. The normalized spacial score (nSPS) is 12.0. The fourth-order valence-corrected chi connectivity index (χ4v) is 2.25. The number of hydrogen-bond acceptors (Lipinski definition) is 3. The van der Waals surface area contributed by atoms with Crippen LogP contribution in [-0.4, -0.2) is 13.2 Å². The average Bonchev–Trinajstić information content (AvgIpc) is 2.48. The third-order valence-electron chi connectivity index (χ3n) is 3.21. The zero-order valence-electron chi connectivity index (χ0n) is 13.1. The van der Waals surface area contributed by atoms with Crippen LogP contribution in [0.2, 0.25) is 0 Å². The van der Waals surface area contributed by atoms with Crippen molar-refractivity contribution in [3.05, 3.63) is 54.1 Å². The summed E-state index contributed by atoms with van der Waals surface area (Å²) in [7, 11) is 1.70. The molecule has 0 aliphatic heterocycles. The summed E-state index contributed by atoms with van der Waals surface area (Å²) < 4.78 is 11.1. The molecule has 0 aliphatic carbocycles. The fraction of sp³-hybridized carbons (Fsp3) is 0.333. The molecule has 3 heteroatoms. The molecular weight excluding hydrogens is 262 g/mol. The maximum absolute atomic E-state index is 5.65. The molecule has 0 fully saturated rings. The van der Waals surface area contributed by atoms with E-state index in [4.69, 9.17) is 9.47 Å². The number of benzene rings is 2. The summed E-state index contributed by atoms with van der Waals surface area (Å²) in [4.78, 5) is 0. The lowest BCUT2D eigenvalue weighted by atomic mass is 10.1. The van der Waals surface area contributed by atoms with Crippen molar-refractivity contribution in [2.45, 2.75) is 32.9 Å². The third kappa shape index (κ3) is 4.15. The van der Waals surface area contributed by atoms with E-state index < -0.39 is 0 Å². The maximum atomic E-state index is 5.65. The minimum absolute atomic E-state index is 0.165. The quantitative estimate of drug-likeness (QED) is 0.837. The lowest BCUT2D eigenvalue weighted by Crippen LogP contribution is -2.08. The Hall–Kier alpha value is -2.16. The highest BCUT2D eigenvalue weighted by molar-refractivity contribution is 5.49. The van der Waals surface area contributed by atoms with E-state index in [1.54, 1.807) is 7.11 Å². The standard InChI is InChI=1S/C18H23NO2/c1-13(2)21-16-11-9-15(10-12-16)19-14(3)17-7-5-6-8-18(17)20-4/h5-14,19H,1-4H3. The van der Waals surface area contributed by atoms with Crippen molar-refractivity contribution in [3.8, 4) is 11.5 Å². The molecule has 1 N–H and O–H groups in total. The Bertz CT molecular complexity index is 564. The number of hydrogen-bond donors (Lipinski definition) is 1. The van der Waals surface area contributed by atoms with Crippen molar-refractivity contribution >= 4 is 5.69 Å². The molecule has 1 atom stereocenters. The number of ether oxygens (including phenoxy) is 2. The molecule has 3 nitrogen and oxygen atoms in total. The Morgan fingerprint density at radius 3 is 2.19 bits per heavy atom. The van der Waals surface area contributed by atoms with Crippen LogP contribution < -0.4 is 14.8 Å². The highest BCUT2D eigenvalue weighted by Crippen LogP contribution is 2.28. The van der Waals surface area contributed by atoms with Gasteiger partial charge in [0, 0.05) is 11.3 Å². The van der Waals surface area contributed by atoms with Crippen molar-refractivity contribution in [3.63, 3.8) is 0 Å². The molecule has 0 spiro atoms. The van der Waals surface area contributed by atoms with Gasteiger partial charge < -0.3 is 14.8 Å². The van der Waals surface area contributed by atoms with Crippen LogP contribution in [-0.2, 0) is 0 Å². The van der Waals surface area contributed by atoms with Gasteiger partial charge in [-0.15, -0.1) is 0 Å². The smallest absolute Gasteiger partial charge is 0.124 e. The van der Waals surface area contributed by atoms with Crippen LogP contribution in [0.15, 0.2) is 48.5 Å². The highest BCUT2D eigenvalue weighted by atomic mass is 16.5. The van der Waals surface area contributed by atoms with E-state index in [-0.39, 0.29) is 12.1 Å².